The Morgan fingerprint density at radius 3 is 0.867 bits per heavy atom. The number of rotatable bonds is 4. The average molecular weight is 417 g/mol. The first kappa shape index (κ1) is 22.5. The Kier molecular flexibility index (Phi) is 8.41. The molecular formula is C27H50N3+. The molecule has 4 aliphatic rings. The summed E-state index contributed by atoms with van der Waals surface area (Å²) in [4.78, 5) is 6.09. The minimum absolute atomic E-state index is 0.786. The molecule has 0 radical (unpaired) electrons. The minimum Gasteiger partial charge on any atom is -0.270 e. The number of hydrogen-bond donors (Lipinski definition) is 0. The first-order valence-corrected chi connectivity index (χ1v) is 13.9. The smallest absolute Gasteiger partial charge is 0.270 e. The summed E-state index contributed by atoms with van der Waals surface area (Å²) in [6.45, 7) is 0. The van der Waals surface area contributed by atoms with Crippen LogP contribution in [0, 0.1) is 0 Å². The summed E-state index contributed by atoms with van der Waals surface area (Å²) >= 11 is 0. The second kappa shape index (κ2) is 11.2. The van der Waals surface area contributed by atoms with Crippen molar-refractivity contribution in [2.45, 2.75) is 153 Å². The van der Waals surface area contributed by atoms with Crippen LogP contribution in [0.5, 0.6) is 0 Å². The van der Waals surface area contributed by atoms with Gasteiger partial charge in [-0.1, -0.05) is 77.0 Å². The molecule has 172 valence electrons. The summed E-state index contributed by atoms with van der Waals surface area (Å²) in [6, 6.07) is 3.14. The lowest BCUT2D eigenvalue weighted by Crippen LogP contribution is -2.62. The summed E-state index contributed by atoms with van der Waals surface area (Å²) in [5, 5.41) is 0. The third kappa shape index (κ3) is 5.36. The van der Waals surface area contributed by atoms with Crippen LogP contribution >= 0.6 is 0 Å². The molecule has 0 amide bonds. The fraction of sp³-hybridized carbons (Fsp3) is 0.963. The lowest BCUT2D eigenvalue weighted by Gasteiger charge is -2.46. The highest BCUT2D eigenvalue weighted by atomic mass is 15.4. The van der Waals surface area contributed by atoms with E-state index in [1.807, 2.05) is 0 Å². The lowest BCUT2D eigenvalue weighted by molar-refractivity contribution is -0.479. The molecule has 0 aromatic carbocycles. The minimum atomic E-state index is 0.786. The molecule has 4 fully saturated rings. The van der Waals surface area contributed by atoms with Crippen LogP contribution < -0.4 is 0 Å². The van der Waals surface area contributed by atoms with Crippen molar-refractivity contribution in [3.8, 4) is 0 Å². The van der Waals surface area contributed by atoms with Crippen molar-refractivity contribution < 1.29 is 4.58 Å². The van der Waals surface area contributed by atoms with Crippen molar-refractivity contribution >= 4 is 5.96 Å². The van der Waals surface area contributed by atoms with Crippen molar-refractivity contribution in [2.75, 3.05) is 14.1 Å². The molecule has 0 spiro atoms. The van der Waals surface area contributed by atoms with Gasteiger partial charge < -0.3 is 0 Å². The van der Waals surface area contributed by atoms with Gasteiger partial charge in [0, 0.05) is 0 Å². The van der Waals surface area contributed by atoms with E-state index in [1.54, 1.807) is 5.96 Å². The molecule has 0 aromatic rings. The van der Waals surface area contributed by atoms with E-state index in [0.717, 1.165) is 24.2 Å². The van der Waals surface area contributed by atoms with E-state index < -0.39 is 0 Å². The van der Waals surface area contributed by atoms with E-state index in [4.69, 9.17) is 0 Å². The van der Waals surface area contributed by atoms with Crippen LogP contribution in [-0.2, 0) is 0 Å². The molecule has 0 aliphatic heterocycles. The summed E-state index contributed by atoms with van der Waals surface area (Å²) < 4.78 is 2.56. The van der Waals surface area contributed by atoms with Crippen LogP contribution in [0.25, 0.3) is 0 Å². The van der Waals surface area contributed by atoms with Gasteiger partial charge in [0.25, 0.3) is 0 Å². The van der Waals surface area contributed by atoms with Crippen molar-refractivity contribution in [3.05, 3.63) is 0 Å². The third-order valence-electron chi connectivity index (χ3n) is 8.73. The average Bonchev–Trinajstić information content (AvgIpc) is 2.81. The Labute approximate surface area is 187 Å². The molecule has 0 atom stereocenters. The van der Waals surface area contributed by atoms with E-state index in [1.165, 1.54) is 128 Å². The molecule has 4 saturated carbocycles. The fourth-order valence-corrected chi connectivity index (χ4v) is 7.28. The van der Waals surface area contributed by atoms with Crippen LogP contribution in [0.3, 0.4) is 0 Å². The van der Waals surface area contributed by atoms with Crippen LogP contribution in [0.2, 0.25) is 0 Å². The second-order valence-corrected chi connectivity index (χ2v) is 11.2. The Balaban J connectivity index is 1.68. The van der Waals surface area contributed by atoms with Crippen LogP contribution in [-0.4, -0.2) is 58.6 Å². The molecule has 4 rings (SSSR count). The molecule has 0 unspecified atom stereocenters. The first-order valence-electron chi connectivity index (χ1n) is 13.9. The lowest BCUT2D eigenvalue weighted by atomic mass is 9.87. The van der Waals surface area contributed by atoms with Gasteiger partial charge in [0.05, 0.1) is 38.3 Å². The zero-order valence-electron chi connectivity index (χ0n) is 20.3. The summed E-state index contributed by atoms with van der Waals surface area (Å²) in [5.74, 6) is 1.65. The second-order valence-electron chi connectivity index (χ2n) is 11.2. The Hall–Kier alpha value is -0.730. The fourth-order valence-electron chi connectivity index (χ4n) is 7.28. The molecule has 0 saturated heterocycles. The summed E-state index contributed by atoms with van der Waals surface area (Å²) in [5.41, 5.74) is 0. The molecule has 0 aromatic heterocycles. The summed E-state index contributed by atoms with van der Waals surface area (Å²) in [6.07, 6.45) is 28.8. The predicted molar refractivity (Wildman–Crippen MR) is 128 cm³/mol. The number of guanidine groups is 1. The maximum atomic E-state index is 3.04. The van der Waals surface area contributed by atoms with E-state index in [2.05, 4.69) is 28.5 Å². The van der Waals surface area contributed by atoms with E-state index in [9.17, 15) is 0 Å². The topological polar surface area (TPSA) is 9.49 Å². The highest BCUT2D eigenvalue weighted by Gasteiger charge is 2.45. The van der Waals surface area contributed by atoms with E-state index >= 15 is 0 Å². The Morgan fingerprint density at radius 1 is 0.433 bits per heavy atom. The van der Waals surface area contributed by atoms with Gasteiger partial charge in [-0.15, -0.1) is 0 Å². The van der Waals surface area contributed by atoms with Crippen molar-refractivity contribution in [1.29, 1.82) is 0 Å². The Bertz CT molecular complexity index is 450. The van der Waals surface area contributed by atoms with Crippen LogP contribution in [0.1, 0.15) is 128 Å². The molecule has 0 bridgehead atoms. The highest BCUT2D eigenvalue weighted by Crippen LogP contribution is 2.36. The van der Waals surface area contributed by atoms with Gasteiger partial charge in [-0.05, 0) is 51.4 Å². The van der Waals surface area contributed by atoms with Gasteiger partial charge in [-0.2, -0.15) is 0 Å². The quantitative estimate of drug-likeness (QED) is 0.292. The normalized spacial score (nSPS) is 25.8. The molecule has 0 heterocycles. The maximum Gasteiger partial charge on any atom is 0.350 e. The SMILES string of the molecule is C[N+](C)=C(N(C1CCCCC1)C1CCCCC1)N(C1CCCCC1)C1CCCCC1. The molecular weight excluding hydrogens is 366 g/mol. The largest absolute Gasteiger partial charge is 0.350 e. The first-order chi connectivity index (χ1) is 14.8. The van der Waals surface area contributed by atoms with Gasteiger partial charge >= 0.3 is 5.96 Å². The molecule has 0 N–H and O–H groups in total. The van der Waals surface area contributed by atoms with Crippen molar-refractivity contribution in [1.82, 2.24) is 9.80 Å². The maximum absolute atomic E-state index is 3.04. The van der Waals surface area contributed by atoms with E-state index in [0.29, 0.717) is 0 Å². The molecule has 3 nitrogen and oxygen atoms in total. The van der Waals surface area contributed by atoms with Gasteiger partial charge in [0.15, 0.2) is 0 Å². The van der Waals surface area contributed by atoms with E-state index in [-0.39, 0.29) is 0 Å². The highest BCUT2D eigenvalue weighted by molar-refractivity contribution is 5.77. The molecule has 4 aliphatic carbocycles. The monoisotopic (exact) mass is 416 g/mol. The standard InChI is InChI=1S/C27H50N3/c1-28(2)27(29(23-15-7-3-8-16-23)24-17-9-4-10-18-24)30(25-19-11-5-12-20-25)26-21-13-6-14-22-26/h23-26H,3-22H2,1-2H3/q+1. The number of nitrogens with zero attached hydrogens (tertiary/aromatic N) is 3. The van der Waals surface area contributed by atoms with Gasteiger partial charge in [-0.25, -0.2) is 0 Å². The molecule has 3 heteroatoms. The zero-order valence-corrected chi connectivity index (χ0v) is 20.3. The van der Waals surface area contributed by atoms with Crippen LogP contribution in [0.15, 0.2) is 0 Å². The molecule has 30 heavy (non-hydrogen) atoms. The van der Waals surface area contributed by atoms with Crippen molar-refractivity contribution in [2.24, 2.45) is 0 Å². The van der Waals surface area contributed by atoms with Gasteiger partial charge in [0.2, 0.25) is 0 Å². The Morgan fingerprint density at radius 2 is 0.667 bits per heavy atom. The van der Waals surface area contributed by atoms with Crippen LogP contribution in [0.4, 0.5) is 0 Å². The zero-order chi connectivity index (χ0) is 20.8. The van der Waals surface area contributed by atoms with Crippen molar-refractivity contribution in [3.63, 3.8) is 0 Å². The summed E-state index contributed by atoms with van der Waals surface area (Å²) in [7, 11) is 4.74. The van der Waals surface area contributed by atoms with Gasteiger partial charge in [-0.3, -0.25) is 14.4 Å². The predicted octanol–water partition coefficient (Wildman–Crippen LogP) is 6.55. The third-order valence-corrected chi connectivity index (χ3v) is 8.73. The van der Waals surface area contributed by atoms with Gasteiger partial charge in [0.1, 0.15) is 0 Å². The number of hydrogen-bond acceptors (Lipinski definition) is 0.